The topological polar surface area (TPSA) is 30.5 Å². The highest BCUT2D eigenvalue weighted by molar-refractivity contribution is 8.27. The third-order valence-corrected chi connectivity index (χ3v) is 5.09. The van der Waals surface area contributed by atoms with Crippen molar-refractivity contribution < 1.29 is 9.47 Å². The van der Waals surface area contributed by atoms with Crippen LogP contribution in [0, 0.1) is 6.92 Å². The van der Waals surface area contributed by atoms with Gasteiger partial charge in [0.2, 0.25) is 0 Å². The SMILES string of the molecule is Cc1ccc(OCCOc2ccc(C=C3SC(=S)NC3=S)cc2)cc1. The Labute approximate surface area is 162 Å². The zero-order valence-electron chi connectivity index (χ0n) is 13.7. The van der Waals surface area contributed by atoms with Crippen LogP contribution in [0.4, 0.5) is 0 Å². The van der Waals surface area contributed by atoms with Gasteiger partial charge >= 0.3 is 0 Å². The van der Waals surface area contributed by atoms with E-state index >= 15 is 0 Å². The number of thioether (sulfide) groups is 1. The number of aryl methyl sites for hydroxylation is 1. The molecule has 128 valence electrons. The van der Waals surface area contributed by atoms with Crippen LogP contribution in [0.1, 0.15) is 11.1 Å². The molecule has 2 aromatic carbocycles. The van der Waals surface area contributed by atoms with E-state index in [1.165, 1.54) is 17.3 Å². The van der Waals surface area contributed by atoms with Gasteiger partial charge in [0, 0.05) is 4.91 Å². The van der Waals surface area contributed by atoms with Gasteiger partial charge in [0.15, 0.2) is 0 Å². The molecule has 0 aliphatic carbocycles. The predicted octanol–water partition coefficient (Wildman–Crippen LogP) is 4.74. The van der Waals surface area contributed by atoms with Gasteiger partial charge in [0.25, 0.3) is 0 Å². The first-order valence-electron chi connectivity index (χ1n) is 7.77. The molecule has 1 aliphatic rings. The van der Waals surface area contributed by atoms with Crippen LogP contribution < -0.4 is 14.8 Å². The van der Waals surface area contributed by atoms with Gasteiger partial charge in [-0.25, -0.2) is 0 Å². The second-order valence-corrected chi connectivity index (χ2v) is 7.56. The van der Waals surface area contributed by atoms with Gasteiger partial charge in [-0.1, -0.05) is 66.0 Å². The van der Waals surface area contributed by atoms with E-state index in [0.717, 1.165) is 22.0 Å². The first-order valence-corrected chi connectivity index (χ1v) is 9.41. The molecule has 0 aromatic heterocycles. The summed E-state index contributed by atoms with van der Waals surface area (Å²) in [5, 5.41) is 2.97. The fourth-order valence-electron chi connectivity index (χ4n) is 2.19. The van der Waals surface area contributed by atoms with Crippen molar-refractivity contribution in [1.82, 2.24) is 5.32 Å². The molecule has 6 heteroatoms. The summed E-state index contributed by atoms with van der Waals surface area (Å²) in [5.74, 6) is 1.66. The summed E-state index contributed by atoms with van der Waals surface area (Å²) >= 11 is 11.8. The third kappa shape index (κ3) is 5.29. The minimum atomic E-state index is 0.493. The number of thiocarbonyl (C=S) groups is 2. The number of hydrogen-bond acceptors (Lipinski definition) is 5. The highest BCUT2D eigenvalue weighted by Gasteiger charge is 2.18. The predicted molar refractivity (Wildman–Crippen MR) is 113 cm³/mol. The maximum atomic E-state index is 5.70. The zero-order chi connectivity index (χ0) is 17.6. The van der Waals surface area contributed by atoms with Gasteiger partial charge in [0.1, 0.15) is 34.0 Å². The minimum absolute atomic E-state index is 0.493. The number of rotatable bonds is 6. The molecule has 2 aromatic rings. The fraction of sp³-hybridized carbons (Fsp3) is 0.158. The summed E-state index contributed by atoms with van der Waals surface area (Å²) in [6.07, 6.45) is 2.02. The third-order valence-electron chi connectivity index (χ3n) is 3.46. The maximum absolute atomic E-state index is 5.70. The Morgan fingerprint density at radius 2 is 1.48 bits per heavy atom. The summed E-state index contributed by atoms with van der Waals surface area (Å²) in [7, 11) is 0. The van der Waals surface area contributed by atoms with E-state index in [1.807, 2.05) is 54.6 Å². The van der Waals surface area contributed by atoms with Crippen LogP contribution in [0.3, 0.4) is 0 Å². The van der Waals surface area contributed by atoms with Gasteiger partial charge in [-0.3, -0.25) is 0 Å². The number of nitrogens with one attached hydrogen (secondary N) is 1. The van der Waals surface area contributed by atoms with E-state index in [0.29, 0.717) is 22.5 Å². The van der Waals surface area contributed by atoms with Crippen molar-refractivity contribution in [2.24, 2.45) is 0 Å². The Morgan fingerprint density at radius 1 is 0.920 bits per heavy atom. The Kier molecular flexibility index (Phi) is 6.07. The molecule has 1 fully saturated rings. The largest absolute Gasteiger partial charge is 0.490 e. The fourth-order valence-corrected chi connectivity index (χ4v) is 3.66. The van der Waals surface area contributed by atoms with E-state index in [1.54, 1.807) is 0 Å². The standard InChI is InChI=1S/C19H17NO2S3/c1-13-2-6-15(7-3-13)21-10-11-22-16-8-4-14(5-9-16)12-17-18(23)20-19(24)25-17/h2-9,12H,10-11H2,1H3,(H,20,23,24). The average Bonchev–Trinajstić information content (AvgIpc) is 2.92. The lowest BCUT2D eigenvalue weighted by Crippen LogP contribution is -2.15. The van der Waals surface area contributed by atoms with Crippen LogP contribution in [-0.2, 0) is 0 Å². The van der Waals surface area contributed by atoms with Crippen LogP contribution >= 0.6 is 36.2 Å². The van der Waals surface area contributed by atoms with Crippen LogP contribution in [0.5, 0.6) is 11.5 Å². The lowest BCUT2D eigenvalue weighted by Gasteiger charge is -2.09. The monoisotopic (exact) mass is 387 g/mol. The van der Waals surface area contributed by atoms with E-state index in [4.69, 9.17) is 33.9 Å². The molecule has 1 aliphatic heterocycles. The molecule has 0 spiro atoms. The van der Waals surface area contributed by atoms with Gasteiger partial charge in [0.05, 0.1) is 0 Å². The van der Waals surface area contributed by atoms with Crippen molar-refractivity contribution in [3.05, 3.63) is 64.6 Å². The summed E-state index contributed by atoms with van der Waals surface area (Å²) in [6.45, 7) is 3.05. The van der Waals surface area contributed by atoms with Crippen LogP contribution in [0.2, 0.25) is 0 Å². The molecule has 0 amide bonds. The molecule has 3 nitrogen and oxygen atoms in total. The van der Waals surface area contributed by atoms with Crippen molar-refractivity contribution in [2.75, 3.05) is 13.2 Å². The minimum Gasteiger partial charge on any atom is -0.490 e. The van der Waals surface area contributed by atoms with E-state index in [2.05, 4.69) is 12.2 Å². The highest BCUT2D eigenvalue weighted by atomic mass is 32.2. The number of ether oxygens (including phenoxy) is 2. The Morgan fingerprint density at radius 3 is 2.00 bits per heavy atom. The van der Waals surface area contributed by atoms with E-state index in [9.17, 15) is 0 Å². The molecular weight excluding hydrogens is 370 g/mol. The van der Waals surface area contributed by atoms with Crippen LogP contribution in [-0.4, -0.2) is 22.5 Å². The van der Waals surface area contributed by atoms with Gasteiger partial charge in [-0.15, -0.1) is 0 Å². The second kappa shape index (κ2) is 8.47. The number of benzene rings is 2. The van der Waals surface area contributed by atoms with E-state index in [-0.39, 0.29) is 0 Å². The van der Waals surface area contributed by atoms with Crippen molar-refractivity contribution in [1.29, 1.82) is 0 Å². The van der Waals surface area contributed by atoms with Crippen molar-refractivity contribution in [2.45, 2.75) is 6.92 Å². The molecule has 0 atom stereocenters. The summed E-state index contributed by atoms with van der Waals surface area (Å²) < 4.78 is 12.0. The summed E-state index contributed by atoms with van der Waals surface area (Å²) in [6, 6.07) is 15.8. The molecule has 0 radical (unpaired) electrons. The normalized spacial score (nSPS) is 15.3. The van der Waals surface area contributed by atoms with Gasteiger partial charge in [-0.05, 0) is 42.8 Å². The van der Waals surface area contributed by atoms with Crippen molar-refractivity contribution in [3.8, 4) is 11.5 Å². The molecule has 1 saturated heterocycles. The molecule has 3 rings (SSSR count). The van der Waals surface area contributed by atoms with Gasteiger partial charge in [-0.2, -0.15) is 0 Å². The Balaban J connectivity index is 1.48. The Hall–Kier alpha value is -1.89. The molecule has 0 saturated carbocycles. The first-order chi connectivity index (χ1) is 12.1. The van der Waals surface area contributed by atoms with Crippen LogP contribution in [0.15, 0.2) is 53.4 Å². The molecule has 1 heterocycles. The summed E-state index contributed by atoms with van der Waals surface area (Å²) in [4.78, 5) is 1.66. The second-order valence-electron chi connectivity index (χ2n) is 5.43. The molecule has 0 bridgehead atoms. The quantitative estimate of drug-likeness (QED) is 0.438. The zero-order valence-corrected chi connectivity index (χ0v) is 16.1. The smallest absolute Gasteiger partial charge is 0.143 e. The number of hydrogen-bond donors (Lipinski definition) is 1. The average molecular weight is 388 g/mol. The van der Waals surface area contributed by atoms with Gasteiger partial charge < -0.3 is 14.8 Å². The lowest BCUT2D eigenvalue weighted by molar-refractivity contribution is 0.217. The van der Waals surface area contributed by atoms with Crippen molar-refractivity contribution >= 4 is 51.6 Å². The van der Waals surface area contributed by atoms with Crippen molar-refractivity contribution in [3.63, 3.8) is 0 Å². The molecule has 25 heavy (non-hydrogen) atoms. The molecule has 1 N–H and O–H groups in total. The molecule has 0 unspecified atom stereocenters. The maximum Gasteiger partial charge on any atom is 0.143 e. The van der Waals surface area contributed by atoms with Crippen LogP contribution in [0.25, 0.3) is 6.08 Å². The lowest BCUT2D eigenvalue weighted by atomic mass is 10.2. The highest BCUT2D eigenvalue weighted by Crippen LogP contribution is 2.27. The van der Waals surface area contributed by atoms with E-state index < -0.39 is 0 Å². The summed E-state index contributed by atoms with van der Waals surface area (Å²) in [5.41, 5.74) is 2.27. The first kappa shape index (κ1) is 17.9. The Bertz CT molecular complexity index is 798. The molecular formula is C19H17NO2S3.